The average molecular weight is 257 g/mol. The van der Waals surface area contributed by atoms with Crippen LogP contribution in [0.4, 0.5) is 0 Å². The molecule has 1 aliphatic heterocycles. The number of rotatable bonds is 5. The second-order valence-corrected chi connectivity index (χ2v) is 5.21. The summed E-state index contributed by atoms with van der Waals surface area (Å²) in [5, 5.41) is 20.7. The Bertz CT molecular complexity index is 339. The highest BCUT2D eigenvalue weighted by atomic mass is 32.2. The summed E-state index contributed by atoms with van der Waals surface area (Å²) in [6.45, 7) is 6.66. The first-order valence-corrected chi connectivity index (χ1v) is 6.85. The van der Waals surface area contributed by atoms with Crippen LogP contribution in [0.15, 0.2) is 5.16 Å². The number of nitrogens with one attached hydrogen (secondary N) is 2. The maximum Gasteiger partial charge on any atom is 0.208 e. The van der Waals surface area contributed by atoms with Crippen molar-refractivity contribution in [3.8, 4) is 0 Å². The Labute approximate surface area is 105 Å². The lowest BCUT2D eigenvalue weighted by Gasteiger charge is -2.28. The molecule has 2 rings (SSSR count). The van der Waals surface area contributed by atoms with Gasteiger partial charge >= 0.3 is 0 Å². The molecule has 1 atom stereocenters. The number of β-amino-alcohol motifs (C(OH)–C–C–N with tert-alkyl or cyclic N) is 1. The summed E-state index contributed by atoms with van der Waals surface area (Å²) < 4.78 is 0. The van der Waals surface area contributed by atoms with Gasteiger partial charge in [0, 0.05) is 38.5 Å². The molecular weight excluding hydrogens is 238 g/mol. The second kappa shape index (κ2) is 6.34. The molecule has 1 aliphatic rings. The van der Waals surface area contributed by atoms with Crippen LogP contribution in [0.5, 0.6) is 0 Å². The van der Waals surface area contributed by atoms with Crippen molar-refractivity contribution in [1.29, 1.82) is 0 Å². The quantitative estimate of drug-likeness (QED) is 0.616. The van der Waals surface area contributed by atoms with Crippen molar-refractivity contribution in [3.05, 3.63) is 5.82 Å². The zero-order valence-corrected chi connectivity index (χ0v) is 10.8. The van der Waals surface area contributed by atoms with Gasteiger partial charge < -0.3 is 10.4 Å². The van der Waals surface area contributed by atoms with E-state index < -0.39 is 0 Å². The fourth-order valence-electron chi connectivity index (χ4n) is 1.80. The third-order valence-corrected chi connectivity index (χ3v) is 3.65. The van der Waals surface area contributed by atoms with E-state index in [1.807, 2.05) is 6.92 Å². The Kier molecular flexibility index (Phi) is 4.78. The number of aliphatic hydroxyl groups excluding tert-OH is 1. The molecule has 0 saturated carbocycles. The van der Waals surface area contributed by atoms with E-state index >= 15 is 0 Å². The van der Waals surface area contributed by atoms with Gasteiger partial charge in [0.25, 0.3) is 0 Å². The van der Waals surface area contributed by atoms with Crippen LogP contribution in [0.1, 0.15) is 5.82 Å². The molecule has 17 heavy (non-hydrogen) atoms. The lowest BCUT2D eigenvalue weighted by molar-refractivity contribution is 0.121. The Balaban J connectivity index is 1.68. The van der Waals surface area contributed by atoms with Gasteiger partial charge in [-0.25, -0.2) is 4.98 Å². The minimum absolute atomic E-state index is 0.322. The van der Waals surface area contributed by atoms with E-state index in [1.165, 1.54) is 11.8 Å². The van der Waals surface area contributed by atoms with E-state index in [2.05, 4.69) is 25.4 Å². The van der Waals surface area contributed by atoms with Crippen LogP contribution in [0.2, 0.25) is 0 Å². The normalized spacial score (nSPS) is 19.4. The number of aromatic nitrogens is 3. The predicted molar refractivity (Wildman–Crippen MR) is 67.2 cm³/mol. The number of H-pyrrole nitrogens is 1. The summed E-state index contributed by atoms with van der Waals surface area (Å²) >= 11 is 1.49. The predicted octanol–water partition coefficient (Wildman–Crippen LogP) is -0.529. The molecule has 96 valence electrons. The van der Waals surface area contributed by atoms with Crippen LogP contribution in [-0.4, -0.2) is 69.8 Å². The smallest absolute Gasteiger partial charge is 0.208 e. The molecule has 0 bridgehead atoms. The SMILES string of the molecule is Cc1nc(SCC(O)CN2CCNCC2)n[nH]1. The first-order valence-electron chi connectivity index (χ1n) is 5.87. The van der Waals surface area contributed by atoms with E-state index in [0.717, 1.165) is 38.5 Å². The summed E-state index contributed by atoms with van der Waals surface area (Å²) in [6, 6.07) is 0. The van der Waals surface area contributed by atoms with Gasteiger partial charge in [0.1, 0.15) is 5.82 Å². The fourth-order valence-corrected chi connectivity index (χ4v) is 2.56. The highest BCUT2D eigenvalue weighted by Crippen LogP contribution is 2.13. The summed E-state index contributed by atoms with van der Waals surface area (Å²) in [6.07, 6.45) is -0.322. The first kappa shape index (κ1) is 12.8. The fraction of sp³-hybridized carbons (Fsp3) is 0.800. The van der Waals surface area contributed by atoms with Crippen LogP contribution >= 0.6 is 11.8 Å². The molecule has 0 aromatic carbocycles. The van der Waals surface area contributed by atoms with E-state index in [0.29, 0.717) is 10.9 Å². The molecule has 0 radical (unpaired) electrons. The van der Waals surface area contributed by atoms with Gasteiger partial charge in [-0.05, 0) is 6.92 Å². The Hall–Kier alpha value is -0.630. The molecule has 1 unspecified atom stereocenters. The second-order valence-electron chi connectivity index (χ2n) is 4.22. The average Bonchev–Trinajstić information content (AvgIpc) is 2.74. The zero-order chi connectivity index (χ0) is 12.1. The van der Waals surface area contributed by atoms with Crippen LogP contribution in [0.3, 0.4) is 0 Å². The molecule has 1 saturated heterocycles. The molecule has 1 aromatic heterocycles. The number of thioether (sulfide) groups is 1. The van der Waals surface area contributed by atoms with Gasteiger partial charge in [-0.15, -0.1) is 5.10 Å². The van der Waals surface area contributed by atoms with Crippen LogP contribution in [0.25, 0.3) is 0 Å². The molecule has 6 nitrogen and oxygen atoms in total. The minimum atomic E-state index is -0.322. The molecule has 1 fully saturated rings. The van der Waals surface area contributed by atoms with Gasteiger partial charge in [0.15, 0.2) is 0 Å². The van der Waals surface area contributed by atoms with Crippen LogP contribution in [0, 0.1) is 6.92 Å². The Morgan fingerprint density at radius 1 is 1.47 bits per heavy atom. The van der Waals surface area contributed by atoms with Crippen molar-refractivity contribution in [2.75, 3.05) is 38.5 Å². The van der Waals surface area contributed by atoms with Gasteiger partial charge in [0.2, 0.25) is 5.16 Å². The van der Waals surface area contributed by atoms with Crippen molar-refractivity contribution in [2.24, 2.45) is 0 Å². The van der Waals surface area contributed by atoms with Crippen LogP contribution < -0.4 is 5.32 Å². The number of nitrogens with zero attached hydrogens (tertiary/aromatic N) is 3. The number of aromatic amines is 1. The number of hydrogen-bond donors (Lipinski definition) is 3. The number of aliphatic hydroxyl groups is 1. The van der Waals surface area contributed by atoms with Gasteiger partial charge in [-0.2, -0.15) is 0 Å². The maximum atomic E-state index is 9.92. The number of hydrogen-bond acceptors (Lipinski definition) is 6. The monoisotopic (exact) mass is 257 g/mol. The highest BCUT2D eigenvalue weighted by Gasteiger charge is 2.15. The molecule has 0 spiro atoms. The molecule has 1 aromatic rings. The molecular formula is C10H19N5OS. The standard InChI is InChI=1S/C10H19N5OS/c1-8-12-10(14-13-8)17-7-9(16)6-15-4-2-11-3-5-15/h9,11,16H,2-7H2,1H3,(H,12,13,14). The number of piperazine rings is 1. The summed E-state index contributed by atoms with van der Waals surface area (Å²) in [7, 11) is 0. The van der Waals surface area contributed by atoms with E-state index in [-0.39, 0.29) is 6.10 Å². The van der Waals surface area contributed by atoms with Crippen molar-refractivity contribution < 1.29 is 5.11 Å². The third-order valence-electron chi connectivity index (χ3n) is 2.66. The molecule has 2 heterocycles. The lowest BCUT2D eigenvalue weighted by atomic mass is 10.3. The van der Waals surface area contributed by atoms with E-state index in [1.54, 1.807) is 0 Å². The Morgan fingerprint density at radius 3 is 2.88 bits per heavy atom. The summed E-state index contributed by atoms with van der Waals surface area (Å²) in [5.74, 6) is 1.45. The summed E-state index contributed by atoms with van der Waals surface area (Å²) in [4.78, 5) is 6.47. The zero-order valence-electron chi connectivity index (χ0n) is 10.0. The minimum Gasteiger partial charge on any atom is -0.391 e. The lowest BCUT2D eigenvalue weighted by Crippen LogP contribution is -2.46. The van der Waals surface area contributed by atoms with Crippen LogP contribution in [-0.2, 0) is 0 Å². The largest absolute Gasteiger partial charge is 0.391 e. The maximum absolute atomic E-state index is 9.92. The van der Waals surface area contributed by atoms with Crippen molar-refractivity contribution in [2.45, 2.75) is 18.2 Å². The molecule has 0 aliphatic carbocycles. The molecule has 0 amide bonds. The van der Waals surface area contributed by atoms with Gasteiger partial charge in [-0.1, -0.05) is 11.8 Å². The highest BCUT2D eigenvalue weighted by molar-refractivity contribution is 7.99. The molecule has 3 N–H and O–H groups in total. The summed E-state index contributed by atoms with van der Waals surface area (Å²) in [5.41, 5.74) is 0. The van der Waals surface area contributed by atoms with Crippen molar-refractivity contribution in [1.82, 2.24) is 25.4 Å². The third kappa shape index (κ3) is 4.27. The van der Waals surface area contributed by atoms with E-state index in [9.17, 15) is 5.11 Å². The Morgan fingerprint density at radius 2 is 2.24 bits per heavy atom. The first-order chi connectivity index (χ1) is 8.24. The number of aryl methyl sites for hydroxylation is 1. The van der Waals surface area contributed by atoms with Gasteiger partial charge in [-0.3, -0.25) is 10.00 Å². The van der Waals surface area contributed by atoms with Crippen molar-refractivity contribution >= 4 is 11.8 Å². The topological polar surface area (TPSA) is 77.1 Å². The van der Waals surface area contributed by atoms with Crippen molar-refractivity contribution in [3.63, 3.8) is 0 Å². The van der Waals surface area contributed by atoms with Gasteiger partial charge in [0.05, 0.1) is 6.10 Å². The van der Waals surface area contributed by atoms with E-state index in [4.69, 9.17) is 0 Å². The molecule has 7 heteroatoms.